The third kappa shape index (κ3) is 1.62. The molecule has 5 heteroatoms. The molecule has 1 heterocycles. The molecule has 2 rings (SSSR count). The van der Waals surface area contributed by atoms with Crippen LogP contribution in [0.1, 0.15) is 0 Å². The number of hydrogen-bond donors (Lipinski definition) is 1. The van der Waals surface area contributed by atoms with Crippen molar-refractivity contribution in [2.45, 2.75) is 0 Å². The molecule has 0 atom stereocenters. The van der Waals surface area contributed by atoms with Crippen LogP contribution >= 0.6 is 38.5 Å². The van der Waals surface area contributed by atoms with Gasteiger partial charge in [0.25, 0.3) is 0 Å². The Kier molecular flexibility index (Phi) is 2.37. The van der Waals surface area contributed by atoms with Crippen LogP contribution in [0, 0.1) is 3.57 Å². The molecule has 1 aromatic heterocycles. The molecule has 0 aliphatic carbocycles. The average Bonchev–Trinajstić information content (AvgIpc) is 2.07. The zero-order valence-corrected chi connectivity index (χ0v) is 10.2. The zero-order chi connectivity index (χ0) is 9.42. The van der Waals surface area contributed by atoms with E-state index < -0.39 is 0 Å². The van der Waals surface area contributed by atoms with Crippen molar-refractivity contribution in [2.24, 2.45) is 0 Å². The van der Waals surface area contributed by atoms with E-state index in [1.165, 1.54) is 6.33 Å². The van der Waals surface area contributed by atoms with Crippen molar-refractivity contribution < 1.29 is 0 Å². The van der Waals surface area contributed by atoms with Crippen LogP contribution in [0.25, 0.3) is 10.9 Å². The molecule has 2 aromatic rings. The van der Waals surface area contributed by atoms with Gasteiger partial charge in [-0.1, -0.05) is 15.9 Å². The second kappa shape index (κ2) is 3.38. The quantitative estimate of drug-likeness (QED) is 0.744. The minimum Gasteiger partial charge on any atom is -0.383 e. The van der Waals surface area contributed by atoms with Crippen molar-refractivity contribution >= 4 is 55.2 Å². The first kappa shape index (κ1) is 9.14. The minimum absolute atomic E-state index is 0.518. The molecular weight excluding hydrogens is 345 g/mol. The first-order valence-corrected chi connectivity index (χ1v) is 5.41. The number of hydrogen-bond acceptors (Lipinski definition) is 3. The van der Waals surface area contributed by atoms with Gasteiger partial charge in [-0.3, -0.25) is 0 Å². The fourth-order valence-corrected chi connectivity index (χ4v) is 2.76. The van der Waals surface area contributed by atoms with E-state index in [0.717, 1.165) is 18.9 Å². The maximum atomic E-state index is 5.72. The van der Waals surface area contributed by atoms with Crippen molar-refractivity contribution in [1.82, 2.24) is 9.97 Å². The number of halogens is 2. The van der Waals surface area contributed by atoms with Crippen molar-refractivity contribution in [1.29, 1.82) is 0 Å². The third-order valence-electron chi connectivity index (χ3n) is 1.69. The highest BCUT2D eigenvalue weighted by Gasteiger charge is 2.04. The monoisotopic (exact) mass is 349 g/mol. The summed E-state index contributed by atoms with van der Waals surface area (Å²) >= 11 is 5.63. The molecule has 0 saturated heterocycles. The number of fused-ring (bicyclic) bond motifs is 1. The number of nitrogen functional groups attached to an aromatic ring is 1. The normalized spacial score (nSPS) is 10.6. The van der Waals surface area contributed by atoms with Crippen LogP contribution in [0.5, 0.6) is 0 Å². The van der Waals surface area contributed by atoms with Gasteiger partial charge in [0.1, 0.15) is 12.1 Å². The lowest BCUT2D eigenvalue weighted by Gasteiger charge is -2.02. The van der Waals surface area contributed by atoms with Gasteiger partial charge in [-0.2, -0.15) is 0 Å². The van der Waals surface area contributed by atoms with Gasteiger partial charge in [-0.05, 0) is 34.7 Å². The molecule has 0 aliphatic rings. The Morgan fingerprint density at radius 1 is 1.31 bits per heavy atom. The van der Waals surface area contributed by atoms with E-state index in [0.29, 0.717) is 5.82 Å². The molecule has 0 bridgehead atoms. The fourth-order valence-electron chi connectivity index (χ4n) is 1.11. The topological polar surface area (TPSA) is 51.8 Å². The lowest BCUT2D eigenvalue weighted by atomic mass is 10.2. The summed E-state index contributed by atoms with van der Waals surface area (Å²) < 4.78 is 2.06. The Morgan fingerprint density at radius 2 is 2.08 bits per heavy atom. The number of anilines is 1. The maximum absolute atomic E-state index is 5.72. The van der Waals surface area contributed by atoms with Gasteiger partial charge < -0.3 is 5.73 Å². The lowest BCUT2D eigenvalue weighted by molar-refractivity contribution is 1.22. The smallest absolute Gasteiger partial charge is 0.134 e. The summed E-state index contributed by atoms with van der Waals surface area (Å²) in [4.78, 5) is 8.10. The van der Waals surface area contributed by atoms with Crippen LogP contribution < -0.4 is 5.73 Å². The SMILES string of the molecule is Nc1ncnc2c(I)cc(Br)cc12. The van der Waals surface area contributed by atoms with E-state index in [1.54, 1.807) is 0 Å². The Balaban J connectivity index is 2.94. The largest absolute Gasteiger partial charge is 0.383 e. The summed E-state index contributed by atoms with van der Waals surface area (Å²) in [5.41, 5.74) is 6.62. The van der Waals surface area contributed by atoms with Crippen molar-refractivity contribution in [3.8, 4) is 0 Å². The van der Waals surface area contributed by atoms with Gasteiger partial charge in [0, 0.05) is 13.4 Å². The predicted octanol–water partition coefficient (Wildman–Crippen LogP) is 2.58. The zero-order valence-electron chi connectivity index (χ0n) is 6.46. The van der Waals surface area contributed by atoms with Crippen LogP contribution in [0.3, 0.4) is 0 Å². The Labute approximate surface area is 97.0 Å². The Morgan fingerprint density at radius 3 is 2.85 bits per heavy atom. The summed E-state index contributed by atoms with van der Waals surface area (Å²) in [5.74, 6) is 0.518. The molecule has 66 valence electrons. The van der Waals surface area contributed by atoms with Gasteiger partial charge in [0.2, 0.25) is 0 Å². The van der Waals surface area contributed by atoms with Crippen LogP contribution in [-0.4, -0.2) is 9.97 Å². The van der Waals surface area contributed by atoms with E-state index in [-0.39, 0.29) is 0 Å². The lowest BCUT2D eigenvalue weighted by Crippen LogP contribution is -1.94. The molecule has 0 saturated carbocycles. The predicted molar refractivity (Wildman–Crippen MR) is 64.4 cm³/mol. The van der Waals surface area contributed by atoms with E-state index in [1.807, 2.05) is 12.1 Å². The number of aromatic nitrogens is 2. The molecule has 0 spiro atoms. The van der Waals surface area contributed by atoms with Crippen molar-refractivity contribution in [3.63, 3.8) is 0 Å². The standard InChI is InChI=1S/C8H5BrIN3/c9-4-1-5-7(6(10)2-4)12-3-13-8(5)11/h1-3H,(H2,11,12,13). The molecule has 0 aliphatic heterocycles. The molecule has 0 unspecified atom stereocenters. The maximum Gasteiger partial charge on any atom is 0.134 e. The highest BCUT2D eigenvalue weighted by Crippen LogP contribution is 2.26. The Hall–Kier alpha value is -0.430. The van der Waals surface area contributed by atoms with E-state index in [9.17, 15) is 0 Å². The van der Waals surface area contributed by atoms with Crippen molar-refractivity contribution in [2.75, 3.05) is 5.73 Å². The summed E-state index contributed by atoms with van der Waals surface area (Å²) in [6.07, 6.45) is 1.48. The average molecular weight is 350 g/mol. The van der Waals surface area contributed by atoms with Gasteiger partial charge in [0.15, 0.2) is 0 Å². The van der Waals surface area contributed by atoms with E-state index in [4.69, 9.17) is 5.73 Å². The van der Waals surface area contributed by atoms with Crippen LogP contribution in [0.4, 0.5) is 5.82 Å². The van der Waals surface area contributed by atoms with E-state index >= 15 is 0 Å². The number of rotatable bonds is 0. The summed E-state index contributed by atoms with van der Waals surface area (Å²) in [6.45, 7) is 0. The second-order valence-corrected chi connectivity index (χ2v) is 4.62. The summed E-state index contributed by atoms with van der Waals surface area (Å²) in [7, 11) is 0. The fraction of sp³-hybridized carbons (Fsp3) is 0. The van der Waals surface area contributed by atoms with Crippen LogP contribution in [0.15, 0.2) is 22.9 Å². The molecule has 1 aromatic carbocycles. The van der Waals surface area contributed by atoms with Gasteiger partial charge in [-0.15, -0.1) is 0 Å². The molecule has 0 radical (unpaired) electrons. The molecule has 13 heavy (non-hydrogen) atoms. The van der Waals surface area contributed by atoms with Gasteiger partial charge in [0.05, 0.1) is 5.52 Å². The Bertz CT molecular complexity index is 472. The van der Waals surface area contributed by atoms with Crippen molar-refractivity contribution in [3.05, 3.63) is 26.5 Å². The highest BCUT2D eigenvalue weighted by atomic mass is 127. The van der Waals surface area contributed by atoms with Gasteiger partial charge in [-0.25, -0.2) is 9.97 Å². The van der Waals surface area contributed by atoms with E-state index in [2.05, 4.69) is 48.5 Å². The highest BCUT2D eigenvalue weighted by molar-refractivity contribution is 14.1. The van der Waals surface area contributed by atoms with Gasteiger partial charge >= 0.3 is 0 Å². The third-order valence-corrected chi connectivity index (χ3v) is 2.97. The molecule has 0 amide bonds. The first-order chi connectivity index (χ1) is 6.18. The molecule has 0 fully saturated rings. The minimum atomic E-state index is 0.518. The number of nitrogens with zero attached hydrogens (tertiary/aromatic N) is 2. The number of nitrogens with two attached hydrogens (primary N) is 1. The van der Waals surface area contributed by atoms with Crippen LogP contribution in [-0.2, 0) is 0 Å². The summed E-state index contributed by atoms with van der Waals surface area (Å²) in [6, 6.07) is 3.92. The molecular formula is C8H5BrIN3. The second-order valence-electron chi connectivity index (χ2n) is 2.54. The first-order valence-electron chi connectivity index (χ1n) is 3.53. The van der Waals surface area contributed by atoms with Crippen LogP contribution in [0.2, 0.25) is 0 Å². The summed E-state index contributed by atoms with van der Waals surface area (Å²) in [5, 5.41) is 0.890. The molecule has 3 nitrogen and oxygen atoms in total. The number of benzene rings is 1. The molecule has 2 N–H and O–H groups in total.